The largest absolute Gasteiger partial charge is 0.460 e. The molecule has 19 heavy (non-hydrogen) atoms. The van der Waals surface area contributed by atoms with E-state index in [1.165, 1.54) is 0 Å². The lowest BCUT2D eigenvalue weighted by Gasteiger charge is -2.33. The lowest BCUT2D eigenvalue weighted by Crippen LogP contribution is -2.45. The first-order chi connectivity index (χ1) is 8.81. The Morgan fingerprint density at radius 3 is 2.58 bits per heavy atom. The smallest absolute Gasteiger partial charge is 0.410 e. The van der Waals surface area contributed by atoms with Crippen molar-refractivity contribution in [3.8, 4) is 0 Å². The van der Waals surface area contributed by atoms with Gasteiger partial charge in [-0.15, -0.1) is 0 Å². The number of esters is 1. The Kier molecular flexibility index (Phi) is 5.63. The van der Waals surface area contributed by atoms with E-state index in [0.29, 0.717) is 19.5 Å². The molecule has 0 spiro atoms. The summed E-state index contributed by atoms with van der Waals surface area (Å²) in [6.45, 7) is 8.56. The van der Waals surface area contributed by atoms with Crippen molar-refractivity contribution in [2.75, 3.05) is 13.1 Å². The highest BCUT2D eigenvalue weighted by Gasteiger charge is 2.29. The molecule has 5 nitrogen and oxygen atoms in total. The molecule has 5 heteroatoms. The molecule has 1 saturated heterocycles. The molecular weight excluding hydrogens is 246 g/mol. The normalized spacial score (nSPS) is 20.0. The maximum absolute atomic E-state index is 11.9. The number of carbonyl (C=O) groups is 2. The van der Waals surface area contributed by atoms with E-state index in [9.17, 15) is 9.59 Å². The lowest BCUT2D eigenvalue weighted by molar-refractivity contribution is -0.151. The molecule has 1 amide bonds. The van der Waals surface area contributed by atoms with E-state index in [4.69, 9.17) is 9.47 Å². The van der Waals surface area contributed by atoms with Crippen molar-refractivity contribution in [2.45, 2.75) is 65.1 Å². The summed E-state index contributed by atoms with van der Waals surface area (Å²) in [5.74, 6) is -0.182. The highest BCUT2D eigenvalue weighted by molar-refractivity contribution is 5.70. The van der Waals surface area contributed by atoms with Crippen LogP contribution >= 0.6 is 0 Å². The molecule has 1 atom stereocenters. The molecule has 0 N–H and O–H groups in total. The molecule has 1 rings (SSSR count). The van der Waals surface area contributed by atoms with Crippen LogP contribution in [0.3, 0.4) is 0 Å². The zero-order chi connectivity index (χ0) is 14.5. The molecule has 0 saturated carbocycles. The zero-order valence-electron chi connectivity index (χ0n) is 12.4. The lowest BCUT2D eigenvalue weighted by atomic mass is 10.1. The van der Waals surface area contributed by atoms with E-state index in [0.717, 1.165) is 19.3 Å². The number of amides is 1. The van der Waals surface area contributed by atoms with E-state index >= 15 is 0 Å². The SMILES string of the molecule is CCCC(=O)OC1CCCN(C(=O)OC(C)(C)C)C1. The molecule has 110 valence electrons. The first kappa shape index (κ1) is 15.8. The monoisotopic (exact) mass is 271 g/mol. The van der Waals surface area contributed by atoms with Gasteiger partial charge in [-0.2, -0.15) is 0 Å². The molecular formula is C14H25NO4. The van der Waals surface area contributed by atoms with Crippen molar-refractivity contribution >= 4 is 12.1 Å². The van der Waals surface area contributed by atoms with Gasteiger partial charge in [-0.25, -0.2) is 4.79 Å². The first-order valence-corrected chi connectivity index (χ1v) is 6.99. The van der Waals surface area contributed by atoms with Crippen LogP contribution in [0.5, 0.6) is 0 Å². The number of ether oxygens (including phenoxy) is 2. The summed E-state index contributed by atoms with van der Waals surface area (Å²) in [5, 5.41) is 0. The molecule has 0 aromatic rings. The maximum Gasteiger partial charge on any atom is 0.410 e. The number of nitrogens with zero attached hydrogens (tertiary/aromatic N) is 1. The molecule has 1 aliphatic heterocycles. The zero-order valence-corrected chi connectivity index (χ0v) is 12.4. The van der Waals surface area contributed by atoms with Gasteiger partial charge in [0, 0.05) is 13.0 Å². The van der Waals surface area contributed by atoms with E-state index in [2.05, 4.69) is 0 Å². The summed E-state index contributed by atoms with van der Waals surface area (Å²) in [7, 11) is 0. The van der Waals surface area contributed by atoms with Gasteiger partial charge in [-0.1, -0.05) is 6.92 Å². The van der Waals surface area contributed by atoms with Crippen LogP contribution < -0.4 is 0 Å². The van der Waals surface area contributed by atoms with Gasteiger partial charge >= 0.3 is 12.1 Å². The molecule has 0 aromatic carbocycles. The minimum absolute atomic E-state index is 0.182. The molecule has 1 unspecified atom stereocenters. The van der Waals surface area contributed by atoms with Gasteiger partial charge in [0.05, 0.1) is 6.54 Å². The number of piperidine rings is 1. The Balaban J connectivity index is 2.45. The van der Waals surface area contributed by atoms with E-state index in [1.807, 2.05) is 27.7 Å². The van der Waals surface area contributed by atoms with Crippen molar-refractivity contribution in [3.63, 3.8) is 0 Å². The van der Waals surface area contributed by atoms with Crippen molar-refractivity contribution in [2.24, 2.45) is 0 Å². The standard InChI is InChI=1S/C14H25NO4/c1-5-7-12(16)18-11-8-6-9-15(10-11)13(17)19-14(2,3)4/h11H,5-10H2,1-4H3. The predicted molar refractivity (Wildman–Crippen MR) is 71.8 cm³/mol. The summed E-state index contributed by atoms with van der Waals surface area (Å²) in [6, 6.07) is 0. The van der Waals surface area contributed by atoms with Crippen molar-refractivity contribution in [3.05, 3.63) is 0 Å². The second-order valence-electron chi connectivity index (χ2n) is 5.93. The fraction of sp³-hybridized carbons (Fsp3) is 0.857. The predicted octanol–water partition coefficient (Wildman–Crippen LogP) is 2.73. The Morgan fingerprint density at radius 2 is 2.00 bits per heavy atom. The van der Waals surface area contributed by atoms with E-state index in [-0.39, 0.29) is 18.2 Å². The minimum Gasteiger partial charge on any atom is -0.460 e. The van der Waals surface area contributed by atoms with Gasteiger partial charge in [0.2, 0.25) is 0 Å². The summed E-state index contributed by atoms with van der Waals surface area (Å²) < 4.78 is 10.7. The summed E-state index contributed by atoms with van der Waals surface area (Å²) in [5.41, 5.74) is -0.497. The van der Waals surface area contributed by atoms with Crippen molar-refractivity contribution in [1.82, 2.24) is 4.90 Å². The van der Waals surface area contributed by atoms with E-state index in [1.54, 1.807) is 4.90 Å². The minimum atomic E-state index is -0.497. The van der Waals surface area contributed by atoms with Gasteiger partial charge < -0.3 is 14.4 Å². The van der Waals surface area contributed by atoms with Crippen LogP contribution in [0.2, 0.25) is 0 Å². The summed E-state index contributed by atoms with van der Waals surface area (Å²) in [6.07, 6.45) is 2.34. The van der Waals surface area contributed by atoms with Crippen LogP contribution in [-0.4, -0.2) is 41.8 Å². The Bertz CT molecular complexity index is 322. The van der Waals surface area contributed by atoms with Crippen LogP contribution in [0, 0.1) is 0 Å². The number of carbonyl (C=O) groups excluding carboxylic acids is 2. The Morgan fingerprint density at radius 1 is 1.32 bits per heavy atom. The Labute approximate surface area is 115 Å². The quantitative estimate of drug-likeness (QED) is 0.741. The topological polar surface area (TPSA) is 55.8 Å². The second kappa shape index (κ2) is 6.78. The molecule has 1 aliphatic rings. The van der Waals surface area contributed by atoms with Crippen LogP contribution in [0.1, 0.15) is 53.4 Å². The van der Waals surface area contributed by atoms with Crippen molar-refractivity contribution < 1.29 is 19.1 Å². The molecule has 0 radical (unpaired) electrons. The number of hydrogen-bond acceptors (Lipinski definition) is 4. The third-order valence-corrected chi connectivity index (χ3v) is 2.78. The average Bonchev–Trinajstić information content (AvgIpc) is 2.27. The maximum atomic E-state index is 11.9. The molecule has 0 bridgehead atoms. The average molecular weight is 271 g/mol. The van der Waals surface area contributed by atoms with Gasteiger partial charge in [-0.3, -0.25) is 4.79 Å². The van der Waals surface area contributed by atoms with E-state index < -0.39 is 5.60 Å². The highest BCUT2D eigenvalue weighted by Crippen LogP contribution is 2.17. The van der Waals surface area contributed by atoms with Crippen molar-refractivity contribution in [1.29, 1.82) is 0 Å². The fourth-order valence-electron chi connectivity index (χ4n) is 1.98. The summed E-state index contributed by atoms with van der Waals surface area (Å²) >= 11 is 0. The molecule has 1 heterocycles. The summed E-state index contributed by atoms with van der Waals surface area (Å²) in [4.78, 5) is 25.0. The van der Waals surface area contributed by atoms with Gasteiger partial charge in [-0.05, 0) is 40.0 Å². The fourth-order valence-corrected chi connectivity index (χ4v) is 1.98. The van der Waals surface area contributed by atoms with Crippen LogP contribution in [0.25, 0.3) is 0 Å². The Hall–Kier alpha value is -1.26. The second-order valence-corrected chi connectivity index (χ2v) is 5.93. The molecule has 0 aromatic heterocycles. The van der Waals surface area contributed by atoms with Gasteiger partial charge in [0.25, 0.3) is 0 Å². The number of likely N-dealkylation sites (tertiary alicyclic amines) is 1. The van der Waals surface area contributed by atoms with Crippen LogP contribution in [0.4, 0.5) is 4.79 Å². The number of hydrogen-bond donors (Lipinski definition) is 0. The highest BCUT2D eigenvalue weighted by atomic mass is 16.6. The first-order valence-electron chi connectivity index (χ1n) is 6.99. The molecule has 0 aliphatic carbocycles. The van der Waals surface area contributed by atoms with Gasteiger partial charge in [0.15, 0.2) is 0 Å². The number of rotatable bonds is 3. The third kappa shape index (κ3) is 5.94. The van der Waals surface area contributed by atoms with Gasteiger partial charge in [0.1, 0.15) is 11.7 Å². The molecule has 1 fully saturated rings. The van der Waals surface area contributed by atoms with Crippen LogP contribution in [-0.2, 0) is 14.3 Å². The third-order valence-electron chi connectivity index (χ3n) is 2.78. The van der Waals surface area contributed by atoms with Crippen LogP contribution in [0.15, 0.2) is 0 Å².